The smallest absolute Gasteiger partial charge is 0.257 e. The number of rotatable bonds is 9. The summed E-state index contributed by atoms with van der Waals surface area (Å²) in [7, 11) is 1.72. The summed E-state index contributed by atoms with van der Waals surface area (Å²) in [6.45, 7) is 5.23. The topological polar surface area (TPSA) is 70.7 Å². The maximum absolute atomic E-state index is 12.9. The van der Waals surface area contributed by atoms with Crippen LogP contribution in [0.3, 0.4) is 0 Å². The second kappa shape index (κ2) is 13.2. The monoisotopic (exact) mass is 567 g/mol. The first kappa shape index (κ1) is 27.4. The molecule has 0 fully saturated rings. The molecule has 0 aliphatic heterocycles. The van der Waals surface area contributed by atoms with Gasteiger partial charge >= 0.3 is 0 Å². The van der Waals surface area contributed by atoms with E-state index in [-0.39, 0.29) is 16.9 Å². The van der Waals surface area contributed by atoms with Crippen molar-refractivity contribution in [3.05, 3.63) is 94.0 Å². The Balaban J connectivity index is 1.63. The summed E-state index contributed by atoms with van der Waals surface area (Å²) in [5, 5.41) is 5.89. The lowest BCUT2D eigenvalue weighted by Gasteiger charge is -2.23. The maximum Gasteiger partial charge on any atom is 0.257 e. The van der Waals surface area contributed by atoms with Crippen molar-refractivity contribution in [2.45, 2.75) is 20.3 Å². The molecule has 2 amide bonds. The molecule has 0 radical (unpaired) electrons. The third-order valence-electron chi connectivity index (χ3n) is 5.34. The lowest BCUT2D eigenvalue weighted by Crippen LogP contribution is -2.41. The molecule has 0 saturated heterocycles. The van der Waals surface area contributed by atoms with Crippen LogP contribution in [0.15, 0.2) is 77.3 Å². The van der Waals surface area contributed by atoms with E-state index in [0.717, 1.165) is 12.0 Å². The zero-order valence-electron chi connectivity index (χ0n) is 20.6. The van der Waals surface area contributed by atoms with Gasteiger partial charge in [0.15, 0.2) is 5.11 Å². The first-order chi connectivity index (χ1) is 17.3. The molecule has 0 aliphatic rings. The lowest BCUT2D eigenvalue weighted by molar-refractivity contribution is 0.0952. The molecule has 0 unspecified atom stereocenters. The van der Waals surface area contributed by atoms with Crippen molar-refractivity contribution in [3.8, 4) is 5.75 Å². The van der Waals surface area contributed by atoms with Gasteiger partial charge in [-0.25, -0.2) is 0 Å². The van der Waals surface area contributed by atoms with E-state index in [1.807, 2.05) is 36.4 Å². The SMILES string of the molecule is CC(C)COc1ccc(C(=O)NC(=S)N(C)c2ccccc2C(=O)NCCc2ccccc2)cc1Br. The van der Waals surface area contributed by atoms with E-state index in [1.54, 1.807) is 48.3 Å². The number of benzene rings is 3. The number of ether oxygens (including phenoxy) is 1. The van der Waals surface area contributed by atoms with Crippen LogP contribution in [0.1, 0.15) is 40.1 Å². The molecule has 2 N–H and O–H groups in total. The van der Waals surface area contributed by atoms with Gasteiger partial charge in [-0.2, -0.15) is 0 Å². The highest BCUT2D eigenvalue weighted by Crippen LogP contribution is 2.26. The molecule has 0 heterocycles. The zero-order chi connectivity index (χ0) is 26.1. The number of hydrogen-bond donors (Lipinski definition) is 2. The second-order valence-corrected chi connectivity index (χ2v) is 9.92. The summed E-state index contributed by atoms with van der Waals surface area (Å²) < 4.78 is 6.44. The standard InChI is InChI=1S/C28H30BrN3O3S/c1-19(2)18-35-25-14-13-21(17-23(25)29)26(33)31-28(36)32(3)24-12-8-7-11-22(24)27(34)30-16-15-20-9-5-4-6-10-20/h4-14,17,19H,15-16,18H2,1-3H3,(H,30,34)(H,31,33,36). The van der Waals surface area contributed by atoms with E-state index in [2.05, 4.69) is 40.4 Å². The van der Waals surface area contributed by atoms with Gasteiger partial charge in [-0.1, -0.05) is 56.3 Å². The summed E-state index contributed by atoms with van der Waals surface area (Å²) in [6, 6.07) is 22.3. The molecular formula is C28H30BrN3O3S. The molecule has 0 spiro atoms. The third kappa shape index (κ3) is 7.63. The van der Waals surface area contributed by atoms with E-state index in [1.165, 1.54) is 0 Å². The van der Waals surface area contributed by atoms with Gasteiger partial charge in [-0.05, 0) is 76.4 Å². The number of nitrogens with zero attached hydrogens (tertiary/aromatic N) is 1. The Morgan fingerprint density at radius 1 is 1.00 bits per heavy atom. The van der Waals surface area contributed by atoms with Crippen LogP contribution >= 0.6 is 28.1 Å². The molecule has 3 aromatic rings. The highest BCUT2D eigenvalue weighted by molar-refractivity contribution is 9.10. The van der Waals surface area contributed by atoms with Crippen LogP contribution in [0.4, 0.5) is 5.69 Å². The molecular weight excluding hydrogens is 538 g/mol. The minimum Gasteiger partial charge on any atom is -0.492 e. The van der Waals surface area contributed by atoms with Gasteiger partial charge in [0.05, 0.1) is 22.3 Å². The summed E-state index contributed by atoms with van der Waals surface area (Å²) in [4.78, 5) is 27.4. The van der Waals surface area contributed by atoms with Crippen molar-refractivity contribution in [2.75, 3.05) is 25.1 Å². The Bertz CT molecular complexity index is 1220. The average Bonchev–Trinajstić information content (AvgIpc) is 2.87. The first-order valence-corrected chi connectivity index (χ1v) is 12.9. The van der Waals surface area contributed by atoms with Crippen molar-refractivity contribution in [1.82, 2.24) is 10.6 Å². The number of para-hydroxylation sites is 1. The third-order valence-corrected chi connectivity index (χ3v) is 6.34. The number of carbonyl (C=O) groups excluding carboxylic acids is 2. The lowest BCUT2D eigenvalue weighted by atomic mass is 10.1. The summed E-state index contributed by atoms with van der Waals surface area (Å²) in [5.41, 5.74) is 2.65. The summed E-state index contributed by atoms with van der Waals surface area (Å²) in [6.07, 6.45) is 0.732. The maximum atomic E-state index is 12.9. The van der Waals surface area contributed by atoms with Crippen molar-refractivity contribution in [1.29, 1.82) is 0 Å². The highest BCUT2D eigenvalue weighted by atomic mass is 79.9. The summed E-state index contributed by atoms with van der Waals surface area (Å²) in [5.74, 6) is 0.505. The molecule has 36 heavy (non-hydrogen) atoms. The summed E-state index contributed by atoms with van der Waals surface area (Å²) >= 11 is 8.95. The second-order valence-electron chi connectivity index (χ2n) is 8.68. The number of halogens is 1. The number of anilines is 1. The Labute approximate surface area is 226 Å². The highest BCUT2D eigenvalue weighted by Gasteiger charge is 2.19. The molecule has 0 aliphatic carbocycles. The quantitative estimate of drug-likeness (QED) is 0.329. The molecule has 0 saturated carbocycles. The van der Waals surface area contributed by atoms with Gasteiger partial charge in [0.2, 0.25) is 0 Å². The minimum absolute atomic E-state index is 0.181. The van der Waals surface area contributed by atoms with Crippen LogP contribution in [0.25, 0.3) is 0 Å². The van der Waals surface area contributed by atoms with Gasteiger partial charge < -0.3 is 15.0 Å². The number of thiocarbonyl (C=S) groups is 1. The van der Waals surface area contributed by atoms with Crippen LogP contribution in [-0.2, 0) is 6.42 Å². The Morgan fingerprint density at radius 3 is 2.39 bits per heavy atom. The normalized spacial score (nSPS) is 10.6. The number of carbonyl (C=O) groups is 2. The minimum atomic E-state index is -0.354. The van der Waals surface area contributed by atoms with Crippen molar-refractivity contribution in [3.63, 3.8) is 0 Å². The largest absolute Gasteiger partial charge is 0.492 e. The number of amides is 2. The molecule has 188 valence electrons. The van der Waals surface area contributed by atoms with E-state index in [4.69, 9.17) is 17.0 Å². The average molecular weight is 569 g/mol. The van der Waals surface area contributed by atoms with E-state index < -0.39 is 0 Å². The van der Waals surface area contributed by atoms with Crippen molar-refractivity contribution < 1.29 is 14.3 Å². The Hall–Kier alpha value is -3.23. The van der Waals surface area contributed by atoms with Crippen LogP contribution < -0.4 is 20.3 Å². The predicted molar refractivity (Wildman–Crippen MR) is 152 cm³/mol. The molecule has 8 heteroatoms. The van der Waals surface area contributed by atoms with Gasteiger partial charge in [0.25, 0.3) is 11.8 Å². The van der Waals surface area contributed by atoms with Crippen LogP contribution in [0.5, 0.6) is 5.75 Å². The molecule has 0 aromatic heterocycles. The Morgan fingerprint density at radius 2 is 1.69 bits per heavy atom. The van der Waals surface area contributed by atoms with Crippen LogP contribution in [0.2, 0.25) is 0 Å². The molecule has 0 atom stereocenters. The fourth-order valence-electron chi connectivity index (χ4n) is 3.40. The molecule has 3 rings (SSSR count). The number of nitrogens with one attached hydrogen (secondary N) is 2. The van der Waals surface area contributed by atoms with E-state index in [9.17, 15) is 9.59 Å². The van der Waals surface area contributed by atoms with Gasteiger partial charge in [0.1, 0.15) is 5.75 Å². The predicted octanol–water partition coefficient (Wildman–Crippen LogP) is 5.61. The fraction of sp³-hybridized carbons (Fsp3) is 0.250. The molecule has 0 bridgehead atoms. The van der Waals surface area contributed by atoms with E-state index >= 15 is 0 Å². The molecule has 3 aromatic carbocycles. The van der Waals surface area contributed by atoms with Gasteiger partial charge in [-0.15, -0.1) is 0 Å². The number of hydrogen-bond acceptors (Lipinski definition) is 4. The van der Waals surface area contributed by atoms with Crippen LogP contribution in [-0.4, -0.2) is 37.1 Å². The van der Waals surface area contributed by atoms with Crippen molar-refractivity contribution in [2.24, 2.45) is 5.92 Å². The Kier molecular flexibility index (Phi) is 10.0. The van der Waals surface area contributed by atoms with Crippen molar-refractivity contribution >= 4 is 50.8 Å². The zero-order valence-corrected chi connectivity index (χ0v) is 23.0. The van der Waals surface area contributed by atoms with E-state index in [0.29, 0.717) is 46.1 Å². The molecule has 6 nitrogen and oxygen atoms in total. The fourth-order valence-corrected chi connectivity index (χ4v) is 4.08. The van der Waals surface area contributed by atoms with Gasteiger partial charge in [-0.3, -0.25) is 14.9 Å². The van der Waals surface area contributed by atoms with Crippen LogP contribution in [0, 0.1) is 5.92 Å². The van der Waals surface area contributed by atoms with Gasteiger partial charge in [0, 0.05) is 19.2 Å². The first-order valence-electron chi connectivity index (χ1n) is 11.7.